The lowest BCUT2D eigenvalue weighted by Crippen LogP contribution is -2.52. The van der Waals surface area contributed by atoms with Crippen LogP contribution in [0.3, 0.4) is 0 Å². The van der Waals surface area contributed by atoms with Gasteiger partial charge in [0.15, 0.2) is 0 Å². The number of hydrogen-bond acceptors (Lipinski definition) is 5. The van der Waals surface area contributed by atoms with E-state index < -0.39 is 22.1 Å². The lowest BCUT2D eigenvalue weighted by Gasteiger charge is -2.26. The van der Waals surface area contributed by atoms with Crippen molar-refractivity contribution in [2.24, 2.45) is 5.92 Å². The van der Waals surface area contributed by atoms with E-state index in [0.29, 0.717) is 29.3 Å². The SMILES string of the molecule is COc1ccc(N(C)C(=O)[C@H](CC2CCCC2)NC(=O)NS(=O)(=O)c2ccccc2C)cc1. The summed E-state index contributed by atoms with van der Waals surface area (Å²) in [5, 5.41) is 2.62. The maximum absolute atomic E-state index is 13.3. The number of aryl methyl sites for hydroxylation is 1. The fourth-order valence-corrected chi connectivity index (χ4v) is 5.35. The minimum absolute atomic E-state index is 0.0224. The molecule has 33 heavy (non-hydrogen) atoms. The monoisotopic (exact) mass is 473 g/mol. The van der Waals surface area contributed by atoms with Crippen LogP contribution in [-0.4, -0.2) is 40.6 Å². The van der Waals surface area contributed by atoms with Gasteiger partial charge in [-0.05, 0) is 55.2 Å². The molecular formula is C24H31N3O5S. The minimum Gasteiger partial charge on any atom is -0.497 e. The number of nitrogens with one attached hydrogen (secondary N) is 2. The minimum atomic E-state index is -4.07. The third kappa shape index (κ3) is 6.25. The summed E-state index contributed by atoms with van der Waals surface area (Å²) in [6.45, 7) is 1.66. The Morgan fingerprint density at radius 1 is 1.09 bits per heavy atom. The Kier molecular flexibility index (Phi) is 7.97. The number of urea groups is 1. The molecule has 0 aliphatic heterocycles. The summed E-state index contributed by atoms with van der Waals surface area (Å²) in [6, 6.07) is 11.6. The summed E-state index contributed by atoms with van der Waals surface area (Å²) < 4.78 is 32.6. The van der Waals surface area contributed by atoms with E-state index in [0.717, 1.165) is 25.7 Å². The first-order valence-electron chi connectivity index (χ1n) is 11.0. The van der Waals surface area contributed by atoms with E-state index in [1.54, 1.807) is 63.5 Å². The van der Waals surface area contributed by atoms with E-state index >= 15 is 0 Å². The van der Waals surface area contributed by atoms with Gasteiger partial charge in [0.05, 0.1) is 12.0 Å². The lowest BCUT2D eigenvalue weighted by molar-refractivity contribution is -0.120. The van der Waals surface area contributed by atoms with Gasteiger partial charge in [0.1, 0.15) is 11.8 Å². The first kappa shape index (κ1) is 24.6. The number of nitrogens with zero attached hydrogens (tertiary/aromatic N) is 1. The number of methoxy groups -OCH3 is 1. The van der Waals surface area contributed by atoms with Gasteiger partial charge >= 0.3 is 6.03 Å². The number of hydrogen-bond donors (Lipinski definition) is 2. The molecule has 1 atom stereocenters. The highest BCUT2D eigenvalue weighted by molar-refractivity contribution is 7.90. The highest BCUT2D eigenvalue weighted by Gasteiger charge is 2.30. The van der Waals surface area contributed by atoms with Gasteiger partial charge in [-0.15, -0.1) is 0 Å². The van der Waals surface area contributed by atoms with Crippen molar-refractivity contribution in [3.05, 3.63) is 54.1 Å². The molecule has 1 fully saturated rings. The quantitative estimate of drug-likeness (QED) is 0.610. The number of rotatable bonds is 8. The molecule has 0 spiro atoms. The first-order chi connectivity index (χ1) is 15.7. The topological polar surface area (TPSA) is 105 Å². The summed E-state index contributed by atoms with van der Waals surface area (Å²) in [5.41, 5.74) is 1.17. The second-order valence-corrected chi connectivity index (χ2v) is 10.0. The Morgan fingerprint density at radius 2 is 1.73 bits per heavy atom. The molecule has 1 aliphatic carbocycles. The maximum atomic E-state index is 13.3. The van der Waals surface area contributed by atoms with E-state index in [9.17, 15) is 18.0 Å². The molecule has 3 rings (SSSR count). The summed E-state index contributed by atoms with van der Waals surface area (Å²) >= 11 is 0. The Hall–Kier alpha value is -3.07. The van der Waals surface area contributed by atoms with Gasteiger partial charge in [0, 0.05) is 12.7 Å². The fraction of sp³-hybridized carbons (Fsp3) is 0.417. The molecule has 1 aliphatic rings. The van der Waals surface area contributed by atoms with Crippen LogP contribution in [0.4, 0.5) is 10.5 Å². The zero-order valence-corrected chi connectivity index (χ0v) is 20.0. The van der Waals surface area contributed by atoms with E-state index in [1.807, 2.05) is 0 Å². The highest BCUT2D eigenvalue weighted by Crippen LogP contribution is 2.29. The van der Waals surface area contributed by atoms with E-state index in [-0.39, 0.29) is 10.8 Å². The van der Waals surface area contributed by atoms with Crippen molar-refractivity contribution in [2.75, 3.05) is 19.1 Å². The molecule has 2 N–H and O–H groups in total. The average molecular weight is 474 g/mol. The molecule has 9 heteroatoms. The zero-order valence-electron chi connectivity index (χ0n) is 19.2. The van der Waals surface area contributed by atoms with Crippen molar-refractivity contribution in [3.63, 3.8) is 0 Å². The molecule has 1 saturated carbocycles. The molecule has 0 radical (unpaired) electrons. The van der Waals surface area contributed by atoms with E-state index in [4.69, 9.17) is 4.74 Å². The van der Waals surface area contributed by atoms with Crippen LogP contribution in [0.25, 0.3) is 0 Å². The standard InChI is InChI=1S/C24H31N3O5S/c1-17-8-4-7-11-22(17)33(30,31)26-24(29)25-21(16-18-9-5-6-10-18)23(28)27(2)19-12-14-20(32-3)15-13-19/h4,7-8,11-15,18,21H,5-6,9-10,16H2,1-3H3,(H2,25,26,29)/t21-/m0/s1. The second-order valence-electron chi connectivity index (χ2n) is 8.38. The van der Waals surface area contributed by atoms with Crippen LogP contribution in [0.1, 0.15) is 37.7 Å². The highest BCUT2D eigenvalue weighted by atomic mass is 32.2. The number of ether oxygens (including phenoxy) is 1. The third-order valence-electron chi connectivity index (χ3n) is 6.05. The van der Waals surface area contributed by atoms with Crippen molar-refractivity contribution in [3.8, 4) is 5.75 Å². The summed E-state index contributed by atoms with van der Waals surface area (Å²) in [6.07, 6.45) is 4.61. The predicted octanol–water partition coefficient (Wildman–Crippen LogP) is 3.60. The van der Waals surface area contributed by atoms with Crippen molar-refractivity contribution in [1.82, 2.24) is 10.0 Å². The molecule has 0 bridgehead atoms. The van der Waals surface area contributed by atoms with Crippen LogP contribution >= 0.6 is 0 Å². The van der Waals surface area contributed by atoms with Gasteiger partial charge in [-0.25, -0.2) is 17.9 Å². The Labute approximate surface area is 195 Å². The van der Waals surface area contributed by atoms with Gasteiger partial charge in [0.2, 0.25) is 5.91 Å². The van der Waals surface area contributed by atoms with Gasteiger partial charge in [0.25, 0.3) is 10.0 Å². The number of benzene rings is 2. The van der Waals surface area contributed by atoms with Crippen LogP contribution in [0.15, 0.2) is 53.4 Å². The Balaban J connectivity index is 1.75. The normalized spacial score (nSPS) is 15.0. The van der Waals surface area contributed by atoms with E-state index in [2.05, 4.69) is 10.0 Å². The van der Waals surface area contributed by atoms with Crippen molar-refractivity contribution >= 4 is 27.6 Å². The van der Waals surface area contributed by atoms with Crippen LogP contribution in [0.2, 0.25) is 0 Å². The fourth-order valence-electron chi connectivity index (χ4n) is 4.19. The molecule has 8 nitrogen and oxygen atoms in total. The summed E-state index contributed by atoms with van der Waals surface area (Å²) in [4.78, 5) is 27.5. The summed E-state index contributed by atoms with van der Waals surface area (Å²) in [7, 11) is -0.871. The predicted molar refractivity (Wildman–Crippen MR) is 127 cm³/mol. The number of carbonyl (C=O) groups excluding carboxylic acids is 2. The largest absolute Gasteiger partial charge is 0.497 e. The van der Waals surface area contributed by atoms with E-state index in [1.165, 1.54) is 11.0 Å². The van der Waals surface area contributed by atoms with Gasteiger partial charge < -0.3 is 15.0 Å². The molecule has 0 unspecified atom stereocenters. The zero-order chi connectivity index (χ0) is 24.0. The van der Waals surface area contributed by atoms with Crippen LogP contribution in [0.5, 0.6) is 5.75 Å². The maximum Gasteiger partial charge on any atom is 0.329 e. The smallest absolute Gasteiger partial charge is 0.329 e. The lowest BCUT2D eigenvalue weighted by atomic mass is 9.97. The molecule has 0 aromatic heterocycles. The number of carbonyl (C=O) groups is 2. The molecule has 0 saturated heterocycles. The Bertz CT molecular complexity index is 1080. The second kappa shape index (κ2) is 10.7. The van der Waals surface area contributed by atoms with Gasteiger partial charge in [-0.3, -0.25) is 4.79 Å². The number of amides is 3. The number of sulfonamides is 1. The molecule has 2 aromatic rings. The van der Waals surface area contributed by atoms with Crippen LogP contribution < -0.4 is 19.7 Å². The number of anilines is 1. The average Bonchev–Trinajstić information content (AvgIpc) is 3.30. The van der Waals surface area contributed by atoms with Crippen molar-refractivity contribution < 1.29 is 22.7 Å². The molecule has 3 amide bonds. The van der Waals surface area contributed by atoms with Gasteiger partial charge in [-0.1, -0.05) is 43.9 Å². The van der Waals surface area contributed by atoms with Crippen molar-refractivity contribution in [2.45, 2.75) is 50.0 Å². The molecule has 2 aromatic carbocycles. The molecule has 178 valence electrons. The summed E-state index contributed by atoms with van der Waals surface area (Å²) in [5.74, 6) is 0.660. The molecule has 0 heterocycles. The van der Waals surface area contributed by atoms with Crippen molar-refractivity contribution in [1.29, 1.82) is 0 Å². The third-order valence-corrected chi connectivity index (χ3v) is 7.54. The number of likely N-dealkylation sites (N-methyl/N-ethyl adjacent to an activating group) is 1. The molecular weight excluding hydrogens is 442 g/mol. The van der Waals surface area contributed by atoms with Crippen LogP contribution in [0, 0.1) is 12.8 Å². The first-order valence-corrected chi connectivity index (χ1v) is 12.5. The Morgan fingerprint density at radius 3 is 2.33 bits per heavy atom. The van der Waals surface area contributed by atoms with Crippen LogP contribution in [-0.2, 0) is 14.8 Å². The van der Waals surface area contributed by atoms with Gasteiger partial charge in [-0.2, -0.15) is 0 Å².